The van der Waals surface area contributed by atoms with Crippen molar-refractivity contribution in [3.05, 3.63) is 90.0 Å². The number of benzene rings is 3. The van der Waals surface area contributed by atoms with Crippen molar-refractivity contribution >= 4 is 21.6 Å². The number of ether oxygens (including phenoxy) is 1. The van der Waals surface area contributed by atoms with E-state index in [0.717, 1.165) is 21.2 Å². The molecule has 0 radical (unpaired) electrons. The number of anilines is 1. The second-order valence-corrected chi connectivity index (χ2v) is 9.62. The Bertz CT molecular complexity index is 1160. The molecule has 32 heavy (non-hydrogen) atoms. The first-order chi connectivity index (χ1) is 15.3. The summed E-state index contributed by atoms with van der Waals surface area (Å²) in [5, 5.41) is 2.82. The number of nitrogens with one attached hydrogen (secondary N) is 1. The average molecular weight is 453 g/mol. The Labute approximate surface area is 189 Å². The Balaban J connectivity index is 1.79. The van der Waals surface area contributed by atoms with Crippen LogP contribution in [0.3, 0.4) is 0 Å². The van der Waals surface area contributed by atoms with Crippen LogP contribution < -0.4 is 14.4 Å². The van der Waals surface area contributed by atoms with E-state index in [4.69, 9.17) is 4.74 Å². The van der Waals surface area contributed by atoms with Gasteiger partial charge in [-0.25, -0.2) is 8.42 Å². The predicted molar refractivity (Wildman–Crippen MR) is 126 cm³/mol. The Kier molecular flexibility index (Phi) is 7.53. The molecule has 0 heterocycles. The third-order valence-electron chi connectivity index (χ3n) is 4.67. The van der Waals surface area contributed by atoms with E-state index in [1.807, 2.05) is 51.1 Å². The minimum Gasteiger partial charge on any atom is -0.491 e. The molecule has 1 N–H and O–H groups in total. The monoisotopic (exact) mass is 452 g/mol. The van der Waals surface area contributed by atoms with E-state index in [1.165, 1.54) is 12.1 Å². The van der Waals surface area contributed by atoms with Crippen LogP contribution in [0.5, 0.6) is 5.75 Å². The summed E-state index contributed by atoms with van der Waals surface area (Å²) in [6, 6.07) is 22.7. The van der Waals surface area contributed by atoms with Crippen LogP contribution in [0.15, 0.2) is 83.8 Å². The van der Waals surface area contributed by atoms with E-state index in [1.54, 1.807) is 36.4 Å². The first-order valence-electron chi connectivity index (χ1n) is 10.4. The predicted octanol–water partition coefficient (Wildman–Crippen LogP) is 4.29. The quantitative estimate of drug-likeness (QED) is 0.525. The molecule has 0 aliphatic carbocycles. The van der Waals surface area contributed by atoms with E-state index in [2.05, 4.69) is 5.32 Å². The van der Waals surface area contributed by atoms with Gasteiger partial charge in [0.15, 0.2) is 0 Å². The lowest BCUT2D eigenvalue weighted by Crippen LogP contribution is -2.40. The fourth-order valence-electron chi connectivity index (χ4n) is 3.21. The molecule has 0 saturated heterocycles. The average Bonchev–Trinajstić information content (AvgIpc) is 2.76. The molecule has 7 heteroatoms. The molecule has 0 unspecified atom stereocenters. The molecule has 3 aromatic carbocycles. The van der Waals surface area contributed by atoms with Gasteiger partial charge < -0.3 is 10.1 Å². The summed E-state index contributed by atoms with van der Waals surface area (Å²) < 4.78 is 33.5. The minimum absolute atomic E-state index is 0.0471. The van der Waals surface area contributed by atoms with E-state index < -0.39 is 15.9 Å². The molecule has 6 nitrogen and oxygen atoms in total. The van der Waals surface area contributed by atoms with Gasteiger partial charge >= 0.3 is 0 Å². The number of aryl methyl sites for hydroxylation is 1. The normalized spacial score (nSPS) is 11.2. The van der Waals surface area contributed by atoms with Gasteiger partial charge in [0.1, 0.15) is 12.3 Å². The summed E-state index contributed by atoms with van der Waals surface area (Å²) in [7, 11) is -3.92. The van der Waals surface area contributed by atoms with E-state index in [-0.39, 0.29) is 24.1 Å². The number of carbonyl (C=O) groups is 1. The highest BCUT2D eigenvalue weighted by atomic mass is 32.2. The topological polar surface area (TPSA) is 75.7 Å². The molecule has 0 aromatic heterocycles. The molecule has 168 valence electrons. The summed E-state index contributed by atoms with van der Waals surface area (Å²) in [6.45, 7) is 5.70. The smallest absolute Gasteiger partial charge is 0.264 e. The van der Waals surface area contributed by atoms with Crippen molar-refractivity contribution in [1.82, 2.24) is 5.32 Å². The van der Waals surface area contributed by atoms with Crippen molar-refractivity contribution in [2.75, 3.05) is 10.8 Å². The molecule has 0 bridgehead atoms. The van der Waals surface area contributed by atoms with E-state index in [0.29, 0.717) is 5.69 Å². The SMILES string of the molecule is Cc1cccc(N(CC(=O)NCc2cccc(OC(C)C)c2)S(=O)(=O)c2ccccc2)c1. The molecule has 0 saturated carbocycles. The fourth-order valence-corrected chi connectivity index (χ4v) is 4.64. The lowest BCUT2D eigenvalue weighted by molar-refractivity contribution is -0.119. The summed E-state index contributed by atoms with van der Waals surface area (Å²) in [4.78, 5) is 12.9. The molecule has 0 aliphatic rings. The van der Waals surface area contributed by atoms with E-state index in [9.17, 15) is 13.2 Å². The third-order valence-corrected chi connectivity index (χ3v) is 6.46. The second-order valence-electron chi connectivity index (χ2n) is 7.75. The number of nitrogens with zero attached hydrogens (tertiary/aromatic N) is 1. The van der Waals surface area contributed by atoms with Crippen LogP contribution in [0.4, 0.5) is 5.69 Å². The molecular formula is C25H28N2O4S. The van der Waals surface area contributed by atoms with Gasteiger partial charge in [-0.1, -0.05) is 42.5 Å². The van der Waals surface area contributed by atoms with Crippen LogP contribution in [0.25, 0.3) is 0 Å². The maximum absolute atomic E-state index is 13.3. The zero-order chi connectivity index (χ0) is 23.1. The van der Waals surface area contributed by atoms with Crippen LogP contribution in [0.1, 0.15) is 25.0 Å². The largest absolute Gasteiger partial charge is 0.491 e. The molecule has 0 fully saturated rings. The maximum Gasteiger partial charge on any atom is 0.264 e. The lowest BCUT2D eigenvalue weighted by Gasteiger charge is -2.24. The lowest BCUT2D eigenvalue weighted by atomic mass is 10.2. The standard InChI is InChI=1S/C25H28N2O4S/c1-19(2)31-23-12-8-10-21(16-23)17-26-25(28)18-27(22-11-7-9-20(3)15-22)32(29,30)24-13-5-4-6-14-24/h4-16,19H,17-18H2,1-3H3,(H,26,28). The first kappa shape index (κ1) is 23.3. The molecule has 0 spiro atoms. The van der Waals surface area contributed by atoms with Crippen LogP contribution in [0.2, 0.25) is 0 Å². The molecule has 0 aliphatic heterocycles. The van der Waals surface area contributed by atoms with Gasteiger partial charge in [-0.15, -0.1) is 0 Å². The van der Waals surface area contributed by atoms with Crippen LogP contribution in [0, 0.1) is 6.92 Å². The van der Waals surface area contributed by atoms with Gasteiger partial charge in [0.05, 0.1) is 16.7 Å². The van der Waals surface area contributed by atoms with Gasteiger partial charge in [-0.2, -0.15) is 0 Å². The van der Waals surface area contributed by atoms with Crippen molar-refractivity contribution in [3.63, 3.8) is 0 Å². The molecule has 3 aromatic rings. The Hall–Kier alpha value is -3.32. The highest BCUT2D eigenvalue weighted by molar-refractivity contribution is 7.92. The summed E-state index contributed by atoms with van der Waals surface area (Å²) in [6.07, 6.45) is 0.0471. The van der Waals surface area contributed by atoms with Crippen molar-refractivity contribution < 1.29 is 17.9 Å². The number of carbonyl (C=O) groups excluding carboxylic acids is 1. The van der Waals surface area contributed by atoms with Crippen LogP contribution in [-0.2, 0) is 21.4 Å². The van der Waals surface area contributed by atoms with Crippen LogP contribution in [-0.4, -0.2) is 27.0 Å². The third kappa shape index (κ3) is 6.11. The zero-order valence-electron chi connectivity index (χ0n) is 18.5. The molecular weight excluding hydrogens is 424 g/mol. The number of amides is 1. The van der Waals surface area contributed by atoms with Gasteiger partial charge in [0.25, 0.3) is 10.0 Å². The Morgan fingerprint density at radius 1 is 0.969 bits per heavy atom. The first-order valence-corrected chi connectivity index (χ1v) is 11.9. The van der Waals surface area contributed by atoms with Gasteiger partial charge in [0.2, 0.25) is 5.91 Å². The highest BCUT2D eigenvalue weighted by Gasteiger charge is 2.27. The molecule has 1 amide bonds. The fraction of sp³-hybridized carbons (Fsp3) is 0.240. The minimum atomic E-state index is -3.92. The van der Waals surface area contributed by atoms with E-state index >= 15 is 0 Å². The van der Waals surface area contributed by atoms with Gasteiger partial charge in [-0.3, -0.25) is 9.10 Å². The highest BCUT2D eigenvalue weighted by Crippen LogP contribution is 2.24. The Morgan fingerprint density at radius 2 is 1.69 bits per heavy atom. The summed E-state index contributed by atoms with van der Waals surface area (Å²) in [5.41, 5.74) is 2.21. The van der Waals surface area contributed by atoms with Gasteiger partial charge in [-0.05, 0) is 68.3 Å². The number of rotatable bonds is 9. The maximum atomic E-state index is 13.3. The summed E-state index contributed by atoms with van der Waals surface area (Å²) >= 11 is 0. The van der Waals surface area contributed by atoms with Crippen LogP contribution >= 0.6 is 0 Å². The molecule has 3 rings (SSSR count). The van der Waals surface area contributed by atoms with Crippen molar-refractivity contribution in [2.24, 2.45) is 0 Å². The summed E-state index contributed by atoms with van der Waals surface area (Å²) in [5.74, 6) is 0.320. The van der Waals surface area contributed by atoms with Crippen molar-refractivity contribution in [3.8, 4) is 5.75 Å². The Morgan fingerprint density at radius 3 is 2.38 bits per heavy atom. The number of hydrogen-bond donors (Lipinski definition) is 1. The van der Waals surface area contributed by atoms with Crippen molar-refractivity contribution in [2.45, 2.75) is 38.3 Å². The zero-order valence-corrected chi connectivity index (χ0v) is 19.3. The number of sulfonamides is 1. The second kappa shape index (κ2) is 10.3. The van der Waals surface area contributed by atoms with Crippen molar-refractivity contribution in [1.29, 1.82) is 0 Å². The molecule has 0 atom stereocenters. The van der Waals surface area contributed by atoms with Gasteiger partial charge in [0, 0.05) is 6.54 Å². The number of hydrogen-bond acceptors (Lipinski definition) is 4.